The van der Waals surface area contributed by atoms with Gasteiger partial charge < -0.3 is 4.90 Å². The highest BCUT2D eigenvalue weighted by Crippen LogP contribution is 2.35. The largest absolute Gasteiger partial charge is 0.334 e. The predicted octanol–water partition coefficient (Wildman–Crippen LogP) is 4.51. The zero-order chi connectivity index (χ0) is 18.9. The van der Waals surface area contributed by atoms with E-state index in [4.69, 9.17) is 4.98 Å². The Hall–Kier alpha value is -1.82. The lowest BCUT2D eigenvalue weighted by molar-refractivity contribution is -0.140. The van der Waals surface area contributed by atoms with Crippen molar-refractivity contribution < 1.29 is 4.79 Å². The molecule has 0 bridgehead atoms. The molecule has 0 N–H and O–H groups in total. The number of aromatic nitrogens is 3. The van der Waals surface area contributed by atoms with Crippen molar-refractivity contribution in [2.24, 2.45) is 11.3 Å². The molecule has 140 valence electrons. The molecule has 1 saturated heterocycles. The van der Waals surface area contributed by atoms with Gasteiger partial charge in [-0.15, -0.1) is 11.3 Å². The Bertz CT molecular complexity index is 778. The first kappa shape index (κ1) is 19.0. The summed E-state index contributed by atoms with van der Waals surface area (Å²) in [6.45, 7) is 11.1. The van der Waals surface area contributed by atoms with Crippen molar-refractivity contribution in [3.63, 3.8) is 0 Å². The number of carbonyl (C=O) groups is 1. The maximum Gasteiger partial charge on any atom is 0.228 e. The Morgan fingerprint density at radius 3 is 2.77 bits per heavy atom. The van der Waals surface area contributed by atoms with E-state index in [0.717, 1.165) is 47.1 Å². The van der Waals surface area contributed by atoms with Crippen LogP contribution in [0.3, 0.4) is 0 Å². The van der Waals surface area contributed by atoms with E-state index < -0.39 is 0 Å². The fourth-order valence-electron chi connectivity index (χ4n) is 3.28. The van der Waals surface area contributed by atoms with Crippen LogP contribution >= 0.6 is 11.3 Å². The molecule has 3 heterocycles. The van der Waals surface area contributed by atoms with E-state index in [1.807, 2.05) is 31.9 Å². The number of thiazole rings is 1. The maximum atomic E-state index is 12.8. The van der Waals surface area contributed by atoms with Gasteiger partial charge in [0.05, 0.1) is 34.0 Å². The highest BCUT2D eigenvalue weighted by molar-refractivity contribution is 7.15. The Labute approximate surface area is 159 Å². The first-order valence-electron chi connectivity index (χ1n) is 9.34. The summed E-state index contributed by atoms with van der Waals surface area (Å²) in [5.74, 6) is 0.770. The van der Waals surface area contributed by atoms with Crippen molar-refractivity contribution >= 4 is 17.2 Å². The summed E-state index contributed by atoms with van der Waals surface area (Å²) in [5, 5.41) is 1.13. The van der Waals surface area contributed by atoms with Crippen LogP contribution in [0.5, 0.6) is 0 Å². The second kappa shape index (κ2) is 7.43. The summed E-state index contributed by atoms with van der Waals surface area (Å²) in [6.07, 6.45) is 8.43. The molecule has 0 aliphatic carbocycles. The van der Waals surface area contributed by atoms with Crippen molar-refractivity contribution in [1.29, 1.82) is 0 Å². The molecule has 1 aliphatic rings. The zero-order valence-electron chi connectivity index (χ0n) is 16.3. The van der Waals surface area contributed by atoms with Crippen LogP contribution in [-0.4, -0.2) is 32.3 Å². The second-order valence-corrected chi connectivity index (χ2v) is 9.57. The van der Waals surface area contributed by atoms with Gasteiger partial charge in [-0.2, -0.15) is 0 Å². The standard InChI is InChI=1S/C20H28N4OS/c1-13(2)9-18-22-12-17(26-18)15-11-21-10-14(23-15)16-7-6-8-24(16)19(25)20(3,4)5/h10-13,16H,6-9H2,1-5H3/t16-/m0/s1. The molecule has 0 spiro atoms. The molecule has 2 aromatic heterocycles. The van der Waals surface area contributed by atoms with Gasteiger partial charge in [-0.25, -0.2) is 9.97 Å². The van der Waals surface area contributed by atoms with Crippen LogP contribution in [0.1, 0.15) is 64.2 Å². The van der Waals surface area contributed by atoms with Gasteiger partial charge in [0.1, 0.15) is 5.69 Å². The molecule has 6 heteroatoms. The van der Waals surface area contributed by atoms with E-state index in [-0.39, 0.29) is 17.4 Å². The van der Waals surface area contributed by atoms with E-state index in [0.29, 0.717) is 5.92 Å². The van der Waals surface area contributed by atoms with Gasteiger partial charge >= 0.3 is 0 Å². The fraction of sp³-hybridized carbons (Fsp3) is 0.600. The van der Waals surface area contributed by atoms with E-state index in [1.165, 1.54) is 0 Å². The first-order valence-corrected chi connectivity index (χ1v) is 10.2. The number of hydrogen-bond acceptors (Lipinski definition) is 5. The van der Waals surface area contributed by atoms with Crippen molar-refractivity contribution in [3.05, 3.63) is 29.3 Å². The molecule has 26 heavy (non-hydrogen) atoms. The van der Waals surface area contributed by atoms with E-state index >= 15 is 0 Å². The van der Waals surface area contributed by atoms with E-state index in [9.17, 15) is 4.79 Å². The number of rotatable bonds is 4. The summed E-state index contributed by atoms with van der Waals surface area (Å²) in [5.41, 5.74) is 1.36. The fourth-order valence-corrected chi connectivity index (χ4v) is 4.36. The van der Waals surface area contributed by atoms with Crippen molar-refractivity contribution in [3.8, 4) is 10.6 Å². The third kappa shape index (κ3) is 4.11. The van der Waals surface area contributed by atoms with Crippen LogP contribution in [0.15, 0.2) is 18.6 Å². The summed E-state index contributed by atoms with van der Waals surface area (Å²) in [4.78, 5) is 29.6. The normalized spacial score (nSPS) is 17.9. The number of amides is 1. The number of hydrogen-bond donors (Lipinski definition) is 0. The number of nitrogens with zero attached hydrogens (tertiary/aromatic N) is 4. The van der Waals surface area contributed by atoms with Crippen LogP contribution in [-0.2, 0) is 11.2 Å². The Morgan fingerprint density at radius 1 is 1.31 bits per heavy atom. The molecular weight excluding hydrogens is 344 g/mol. The minimum atomic E-state index is -0.378. The lowest BCUT2D eigenvalue weighted by Crippen LogP contribution is -2.39. The SMILES string of the molecule is CC(C)Cc1ncc(-c2cncc([C@@H]3CCCN3C(=O)C(C)(C)C)n2)s1. The summed E-state index contributed by atoms with van der Waals surface area (Å²) in [6, 6.07) is 0.0252. The molecule has 1 amide bonds. The van der Waals surface area contributed by atoms with Gasteiger partial charge in [-0.05, 0) is 18.8 Å². The molecule has 1 aliphatic heterocycles. The van der Waals surface area contributed by atoms with Gasteiger partial charge in [0, 0.05) is 24.6 Å². The quantitative estimate of drug-likeness (QED) is 0.792. The molecule has 0 saturated carbocycles. The minimum absolute atomic E-state index is 0.0252. The molecule has 1 atom stereocenters. The van der Waals surface area contributed by atoms with Gasteiger partial charge in [0.25, 0.3) is 0 Å². The van der Waals surface area contributed by atoms with Gasteiger partial charge in [-0.1, -0.05) is 34.6 Å². The molecule has 5 nitrogen and oxygen atoms in total. The Kier molecular flexibility index (Phi) is 5.42. The van der Waals surface area contributed by atoms with Crippen LogP contribution in [0.25, 0.3) is 10.6 Å². The topological polar surface area (TPSA) is 59.0 Å². The van der Waals surface area contributed by atoms with Crippen LogP contribution in [0.2, 0.25) is 0 Å². The molecule has 2 aromatic rings. The molecule has 1 fully saturated rings. The van der Waals surface area contributed by atoms with E-state index in [1.54, 1.807) is 23.7 Å². The van der Waals surface area contributed by atoms with Crippen LogP contribution in [0, 0.1) is 11.3 Å². The number of carbonyl (C=O) groups excluding carboxylic acids is 1. The smallest absolute Gasteiger partial charge is 0.228 e. The summed E-state index contributed by atoms with van der Waals surface area (Å²) >= 11 is 1.68. The van der Waals surface area contributed by atoms with E-state index in [2.05, 4.69) is 23.8 Å². The average Bonchev–Trinajstić information content (AvgIpc) is 3.22. The summed E-state index contributed by atoms with van der Waals surface area (Å²) in [7, 11) is 0. The lowest BCUT2D eigenvalue weighted by Gasteiger charge is -2.30. The van der Waals surface area contributed by atoms with Crippen molar-refractivity contribution in [2.45, 2.75) is 59.9 Å². The number of likely N-dealkylation sites (tertiary alicyclic amines) is 1. The van der Waals surface area contributed by atoms with Crippen LogP contribution < -0.4 is 0 Å². The first-order chi connectivity index (χ1) is 12.3. The van der Waals surface area contributed by atoms with Gasteiger partial charge in [0.2, 0.25) is 5.91 Å². The second-order valence-electron chi connectivity index (χ2n) is 8.45. The monoisotopic (exact) mass is 372 g/mol. The molecule has 0 aromatic carbocycles. The van der Waals surface area contributed by atoms with Gasteiger partial charge in [0.15, 0.2) is 0 Å². The summed E-state index contributed by atoms with van der Waals surface area (Å²) < 4.78 is 0. The molecular formula is C20H28N4OS. The third-order valence-corrected chi connectivity index (χ3v) is 5.58. The third-order valence-electron chi connectivity index (χ3n) is 4.54. The highest BCUT2D eigenvalue weighted by atomic mass is 32.1. The minimum Gasteiger partial charge on any atom is -0.334 e. The Morgan fingerprint density at radius 2 is 2.08 bits per heavy atom. The maximum absolute atomic E-state index is 12.8. The van der Waals surface area contributed by atoms with Crippen molar-refractivity contribution in [1.82, 2.24) is 19.9 Å². The molecule has 0 radical (unpaired) electrons. The molecule has 0 unspecified atom stereocenters. The zero-order valence-corrected chi connectivity index (χ0v) is 17.1. The van der Waals surface area contributed by atoms with Crippen LogP contribution in [0.4, 0.5) is 0 Å². The average molecular weight is 373 g/mol. The highest BCUT2D eigenvalue weighted by Gasteiger charge is 2.36. The van der Waals surface area contributed by atoms with Crippen molar-refractivity contribution in [2.75, 3.05) is 6.54 Å². The lowest BCUT2D eigenvalue weighted by atomic mass is 9.94. The Balaban J connectivity index is 1.85. The predicted molar refractivity (Wildman–Crippen MR) is 105 cm³/mol. The molecule has 3 rings (SSSR count). The van der Waals surface area contributed by atoms with Gasteiger partial charge in [-0.3, -0.25) is 9.78 Å².